The van der Waals surface area contributed by atoms with Crippen LogP contribution in [0.15, 0.2) is 18.5 Å². The number of rotatable bonds is 6. The SMILES string of the molecule is CC(CNc1cnccc1C(N)=S)CN1CCCC1. The normalized spacial score (nSPS) is 17.3. The topological polar surface area (TPSA) is 54.2 Å². The lowest BCUT2D eigenvalue weighted by atomic mass is 10.1. The van der Waals surface area contributed by atoms with E-state index in [0.29, 0.717) is 10.9 Å². The van der Waals surface area contributed by atoms with Crippen molar-refractivity contribution in [3.05, 3.63) is 24.0 Å². The minimum atomic E-state index is 0.414. The molecule has 0 saturated carbocycles. The second-order valence-electron chi connectivity index (χ2n) is 5.28. The summed E-state index contributed by atoms with van der Waals surface area (Å²) >= 11 is 5.05. The van der Waals surface area contributed by atoms with Gasteiger partial charge in [0.15, 0.2) is 0 Å². The summed E-state index contributed by atoms with van der Waals surface area (Å²) in [5, 5.41) is 3.41. The summed E-state index contributed by atoms with van der Waals surface area (Å²) in [7, 11) is 0. The van der Waals surface area contributed by atoms with E-state index in [4.69, 9.17) is 18.0 Å². The molecule has 5 heteroatoms. The second-order valence-corrected chi connectivity index (χ2v) is 5.72. The van der Waals surface area contributed by atoms with Crippen molar-refractivity contribution in [2.45, 2.75) is 19.8 Å². The van der Waals surface area contributed by atoms with Gasteiger partial charge in [0.2, 0.25) is 0 Å². The highest BCUT2D eigenvalue weighted by atomic mass is 32.1. The summed E-state index contributed by atoms with van der Waals surface area (Å²) in [4.78, 5) is 7.07. The Bertz CT molecular complexity index is 429. The predicted molar refractivity (Wildman–Crippen MR) is 83.5 cm³/mol. The van der Waals surface area contributed by atoms with Gasteiger partial charge in [-0.25, -0.2) is 0 Å². The molecule has 1 aromatic heterocycles. The molecule has 2 rings (SSSR count). The van der Waals surface area contributed by atoms with E-state index in [-0.39, 0.29) is 0 Å². The average molecular weight is 278 g/mol. The summed E-state index contributed by atoms with van der Waals surface area (Å²) in [5.74, 6) is 0.595. The molecule has 3 N–H and O–H groups in total. The van der Waals surface area contributed by atoms with Gasteiger partial charge in [0.25, 0.3) is 0 Å². The molecule has 1 fully saturated rings. The molecule has 0 amide bonds. The van der Waals surface area contributed by atoms with Crippen molar-refractivity contribution in [1.82, 2.24) is 9.88 Å². The summed E-state index contributed by atoms with van der Waals surface area (Å²) in [6, 6.07) is 1.86. The quantitative estimate of drug-likeness (QED) is 0.778. The van der Waals surface area contributed by atoms with Crippen LogP contribution in [0, 0.1) is 5.92 Å². The summed E-state index contributed by atoms with van der Waals surface area (Å²) in [5.41, 5.74) is 7.52. The number of nitrogens with one attached hydrogen (secondary N) is 1. The average Bonchev–Trinajstić information content (AvgIpc) is 2.89. The van der Waals surface area contributed by atoms with Crippen molar-refractivity contribution < 1.29 is 0 Å². The van der Waals surface area contributed by atoms with Crippen LogP contribution in [0.2, 0.25) is 0 Å². The molecule has 1 atom stereocenters. The first-order valence-corrected chi connectivity index (χ1v) is 7.27. The van der Waals surface area contributed by atoms with Gasteiger partial charge in [-0.1, -0.05) is 19.1 Å². The Morgan fingerprint density at radius 2 is 2.26 bits per heavy atom. The highest BCUT2D eigenvalue weighted by Crippen LogP contribution is 2.15. The zero-order valence-electron chi connectivity index (χ0n) is 11.4. The fourth-order valence-electron chi connectivity index (χ4n) is 2.50. The number of anilines is 1. The van der Waals surface area contributed by atoms with Gasteiger partial charge in [-0.3, -0.25) is 4.98 Å². The molecule has 4 nitrogen and oxygen atoms in total. The van der Waals surface area contributed by atoms with Crippen LogP contribution < -0.4 is 11.1 Å². The summed E-state index contributed by atoms with van der Waals surface area (Å²) < 4.78 is 0. The van der Waals surface area contributed by atoms with Crippen LogP contribution in [0.1, 0.15) is 25.3 Å². The standard InChI is InChI=1S/C14H22N4S/c1-11(10-18-6-2-3-7-18)8-17-13-9-16-5-4-12(13)14(15)19/h4-5,9,11,17H,2-3,6-8,10H2,1H3,(H2,15,19). The van der Waals surface area contributed by atoms with Crippen molar-refractivity contribution in [1.29, 1.82) is 0 Å². The highest BCUT2D eigenvalue weighted by molar-refractivity contribution is 7.80. The minimum absolute atomic E-state index is 0.414. The molecule has 0 radical (unpaired) electrons. The zero-order valence-corrected chi connectivity index (χ0v) is 12.2. The van der Waals surface area contributed by atoms with Crippen molar-refractivity contribution >= 4 is 22.9 Å². The molecule has 0 aromatic carbocycles. The van der Waals surface area contributed by atoms with E-state index in [0.717, 1.165) is 24.3 Å². The third kappa shape index (κ3) is 4.14. The number of hydrogen-bond donors (Lipinski definition) is 2. The van der Waals surface area contributed by atoms with Crippen LogP contribution in [0.5, 0.6) is 0 Å². The van der Waals surface area contributed by atoms with Crippen molar-refractivity contribution in [3.63, 3.8) is 0 Å². The maximum absolute atomic E-state index is 5.71. The lowest BCUT2D eigenvalue weighted by Crippen LogP contribution is -2.29. The smallest absolute Gasteiger partial charge is 0.106 e. The number of aromatic nitrogens is 1. The first-order chi connectivity index (χ1) is 9.16. The van der Waals surface area contributed by atoms with E-state index >= 15 is 0 Å². The molecule has 0 spiro atoms. The molecule has 19 heavy (non-hydrogen) atoms. The van der Waals surface area contributed by atoms with Crippen LogP contribution in [0.3, 0.4) is 0 Å². The van der Waals surface area contributed by atoms with Gasteiger partial charge in [-0.2, -0.15) is 0 Å². The molecule has 2 heterocycles. The third-order valence-electron chi connectivity index (χ3n) is 3.50. The Labute approximate surface area is 120 Å². The largest absolute Gasteiger partial charge is 0.389 e. The Morgan fingerprint density at radius 3 is 2.95 bits per heavy atom. The highest BCUT2D eigenvalue weighted by Gasteiger charge is 2.14. The summed E-state index contributed by atoms with van der Waals surface area (Å²) in [6.45, 7) is 6.82. The molecule has 1 aromatic rings. The molecular weight excluding hydrogens is 256 g/mol. The van der Waals surface area contributed by atoms with Crippen LogP contribution >= 0.6 is 12.2 Å². The van der Waals surface area contributed by atoms with E-state index in [2.05, 4.69) is 22.1 Å². The molecule has 1 saturated heterocycles. The number of hydrogen-bond acceptors (Lipinski definition) is 4. The number of likely N-dealkylation sites (tertiary alicyclic amines) is 1. The number of nitrogens with zero attached hydrogens (tertiary/aromatic N) is 2. The van der Waals surface area contributed by atoms with E-state index in [9.17, 15) is 0 Å². The molecule has 104 valence electrons. The Morgan fingerprint density at radius 1 is 1.53 bits per heavy atom. The lowest BCUT2D eigenvalue weighted by Gasteiger charge is -2.21. The number of pyridine rings is 1. The van der Waals surface area contributed by atoms with Gasteiger partial charge < -0.3 is 16.0 Å². The van der Waals surface area contributed by atoms with E-state index in [1.54, 1.807) is 12.4 Å². The Hall–Kier alpha value is -1.20. The molecule has 1 aliphatic rings. The van der Waals surface area contributed by atoms with Crippen LogP contribution in [-0.4, -0.2) is 41.1 Å². The first kappa shape index (κ1) is 14.2. The van der Waals surface area contributed by atoms with Crippen LogP contribution in [0.25, 0.3) is 0 Å². The van der Waals surface area contributed by atoms with Crippen LogP contribution in [-0.2, 0) is 0 Å². The molecular formula is C14H22N4S. The lowest BCUT2D eigenvalue weighted by molar-refractivity contribution is 0.294. The van der Waals surface area contributed by atoms with Gasteiger partial charge in [-0.05, 0) is 37.9 Å². The first-order valence-electron chi connectivity index (χ1n) is 6.87. The molecule has 0 aliphatic carbocycles. The zero-order chi connectivity index (χ0) is 13.7. The van der Waals surface area contributed by atoms with E-state index in [1.165, 1.54) is 25.9 Å². The maximum Gasteiger partial charge on any atom is 0.106 e. The van der Waals surface area contributed by atoms with E-state index < -0.39 is 0 Å². The summed E-state index contributed by atoms with van der Waals surface area (Å²) in [6.07, 6.45) is 6.19. The molecule has 1 aliphatic heterocycles. The van der Waals surface area contributed by atoms with Gasteiger partial charge in [-0.15, -0.1) is 0 Å². The third-order valence-corrected chi connectivity index (χ3v) is 3.72. The maximum atomic E-state index is 5.71. The Kier molecular flexibility index (Phi) is 5.10. The fraction of sp³-hybridized carbons (Fsp3) is 0.571. The van der Waals surface area contributed by atoms with E-state index in [1.807, 2.05) is 6.07 Å². The van der Waals surface area contributed by atoms with Gasteiger partial charge in [0.1, 0.15) is 4.99 Å². The van der Waals surface area contributed by atoms with Crippen molar-refractivity contribution in [2.75, 3.05) is 31.5 Å². The monoisotopic (exact) mass is 278 g/mol. The number of nitrogens with two attached hydrogens (primary N) is 1. The minimum Gasteiger partial charge on any atom is -0.389 e. The van der Waals surface area contributed by atoms with Gasteiger partial charge >= 0.3 is 0 Å². The molecule has 0 bridgehead atoms. The fourth-order valence-corrected chi connectivity index (χ4v) is 2.68. The Balaban J connectivity index is 1.85. The van der Waals surface area contributed by atoms with Gasteiger partial charge in [0, 0.05) is 24.8 Å². The van der Waals surface area contributed by atoms with Crippen molar-refractivity contribution in [2.24, 2.45) is 11.7 Å². The van der Waals surface area contributed by atoms with Crippen molar-refractivity contribution in [3.8, 4) is 0 Å². The number of thiocarbonyl (C=S) groups is 1. The van der Waals surface area contributed by atoms with Gasteiger partial charge in [0.05, 0.1) is 11.9 Å². The molecule has 1 unspecified atom stereocenters. The second kappa shape index (κ2) is 6.82. The predicted octanol–water partition coefficient (Wildman–Crippen LogP) is 1.86. The van der Waals surface area contributed by atoms with Crippen LogP contribution in [0.4, 0.5) is 5.69 Å².